The molecule has 0 saturated heterocycles. The molecule has 0 aliphatic heterocycles. The normalized spacial score (nSPS) is 35.6. The Morgan fingerprint density at radius 2 is 2.18 bits per heavy atom. The van der Waals surface area contributed by atoms with Crippen LogP contribution in [-0.2, 0) is 4.79 Å². The SMILES string of the molecule is O=C([O-])[C@]1(O)C=CC=C[C@H]1O. The Bertz CT molecular complexity index is 231. The van der Waals surface area contributed by atoms with Gasteiger partial charge >= 0.3 is 0 Å². The van der Waals surface area contributed by atoms with Gasteiger partial charge in [0, 0.05) is 0 Å². The molecule has 0 aromatic rings. The van der Waals surface area contributed by atoms with E-state index in [2.05, 4.69) is 0 Å². The van der Waals surface area contributed by atoms with Crippen molar-refractivity contribution in [3.63, 3.8) is 0 Å². The third-order valence-corrected chi connectivity index (χ3v) is 1.53. The van der Waals surface area contributed by atoms with Gasteiger partial charge in [-0.15, -0.1) is 0 Å². The molecule has 1 aliphatic rings. The summed E-state index contributed by atoms with van der Waals surface area (Å²) in [5, 5.41) is 28.4. The molecule has 4 heteroatoms. The van der Waals surface area contributed by atoms with E-state index in [1.54, 1.807) is 0 Å². The van der Waals surface area contributed by atoms with Crippen LogP contribution in [0.1, 0.15) is 0 Å². The molecule has 1 aliphatic carbocycles. The maximum atomic E-state index is 10.3. The molecule has 0 aromatic carbocycles. The largest absolute Gasteiger partial charge is 0.547 e. The monoisotopic (exact) mass is 155 g/mol. The van der Waals surface area contributed by atoms with Gasteiger partial charge in [0.1, 0.15) is 6.10 Å². The molecule has 0 saturated carbocycles. The van der Waals surface area contributed by atoms with E-state index >= 15 is 0 Å². The molecule has 11 heavy (non-hydrogen) atoms. The first-order chi connectivity index (χ1) is 5.07. The zero-order valence-corrected chi connectivity index (χ0v) is 5.60. The second-order valence-electron chi connectivity index (χ2n) is 2.30. The van der Waals surface area contributed by atoms with Crippen LogP contribution >= 0.6 is 0 Å². The molecule has 0 spiro atoms. The van der Waals surface area contributed by atoms with E-state index in [1.807, 2.05) is 0 Å². The van der Waals surface area contributed by atoms with Crippen molar-refractivity contribution in [2.45, 2.75) is 11.7 Å². The Balaban J connectivity index is 2.94. The lowest BCUT2D eigenvalue weighted by molar-refractivity contribution is -0.324. The summed E-state index contributed by atoms with van der Waals surface area (Å²) in [4.78, 5) is 10.3. The minimum absolute atomic E-state index is 0.979. The number of carbonyl (C=O) groups excluding carboxylic acids is 1. The molecule has 60 valence electrons. The number of hydrogen-bond donors (Lipinski definition) is 2. The van der Waals surface area contributed by atoms with Crippen molar-refractivity contribution in [2.24, 2.45) is 0 Å². The van der Waals surface area contributed by atoms with Crippen LogP contribution in [0.5, 0.6) is 0 Å². The highest BCUT2D eigenvalue weighted by Crippen LogP contribution is 2.16. The number of carboxylic acids is 1. The van der Waals surface area contributed by atoms with E-state index in [-0.39, 0.29) is 0 Å². The van der Waals surface area contributed by atoms with Crippen molar-refractivity contribution in [1.29, 1.82) is 0 Å². The summed E-state index contributed by atoms with van der Waals surface area (Å²) in [6.45, 7) is 0. The number of allylic oxidation sites excluding steroid dienone is 2. The summed E-state index contributed by atoms with van der Waals surface area (Å²) in [7, 11) is 0. The Morgan fingerprint density at radius 1 is 1.55 bits per heavy atom. The van der Waals surface area contributed by atoms with Gasteiger partial charge in [0.05, 0.1) is 5.97 Å². The predicted molar refractivity (Wildman–Crippen MR) is 34.2 cm³/mol. The third kappa shape index (κ3) is 1.18. The van der Waals surface area contributed by atoms with Crippen molar-refractivity contribution < 1.29 is 20.1 Å². The summed E-state index contributed by atoms with van der Waals surface area (Å²) in [5.74, 6) is -1.70. The molecular weight excluding hydrogens is 148 g/mol. The quantitative estimate of drug-likeness (QED) is 0.457. The topological polar surface area (TPSA) is 80.6 Å². The number of aliphatic hydroxyl groups excluding tert-OH is 1. The zero-order valence-electron chi connectivity index (χ0n) is 5.60. The lowest BCUT2D eigenvalue weighted by Crippen LogP contribution is -2.54. The first-order valence-corrected chi connectivity index (χ1v) is 3.05. The van der Waals surface area contributed by atoms with Crippen LogP contribution in [0, 0.1) is 0 Å². The number of carbonyl (C=O) groups is 1. The lowest BCUT2D eigenvalue weighted by Gasteiger charge is -2.30. The van der Waals surface area contributed by atoms with Crippen molar-refractivity contribution in [2.75, 3.05) is 0 Å². The van der Waals surface area contributed by atoms with E-state index < -0.39 is 17.7 Å². The van der Waals surface area contributed by atoms with E-state index in [4.69, 9.17) is 10.2 Å². The van der Waals surface area contributed by atoms with Gasteiger partial charge in [-0.2, -0.15) is 0 Å². The van der Waals surface area contributed by atoms with Crippen molar-refractivity contribution in [3.8, 4) is 0 Å². The van der Waals surface area contributed by atoms with Crippen LogP contribution in [0.2, 0.25) is 0 Å². The Morgan fingerprint density at radius 3 is 2.55 bits per heavy atom. The second-order valence-corrected chi connectivity index (χ2v) is 2.30. The van der Waals surface area contributed by atoms with E-state index in [0.29, 0.717) is 0 Å². The smallest absolute Gasteiger partial charge is 0.152 e. The first-order valence-electron chi connectivity index (χ1n) is 3.05. The van der Waals surface area contributed by atoms with Gasteiger partial charge in [-0.05, 0) is 6.08 Å². The minimum Gasteiger partial charge on any atom is -0.547 e. The van der Waals surface area contributed by atoms with Gasteiger partial charge in [-0.3, -0.25) is 0 Å². The molecular formula is C7H7O4-. The Hall–Kier alpha value is -1.13. The second kappa shape index (κ2) is 2.48. The van der Waals surface area contributed by atoms with Crippen LogP contribution in [0.3, 0.4) is 0 Å². The minimum atomic E-state index is -2.27. The van der Waals surface area contributed by atoms with Gasteiger partial charge in [0.15, 0.2) is 5.60 Å². The standard InChI is InChI=1S/C7H8O4/c8-5-3-1-2-4-7(5,11)6(9)10/h1-5,8,11H,(H,9,10)/p-1/t5-,7+/m1/s1. The molecule has 0 heterocycles. The highest BCUT2D eigenvalue weighted by Gasteiger charge is 2.33. The highest BCUT2D eigenvalue weighted by atomic mass is 16.4. The maximum Gasteiger partial charge on any atom is 0.152 e. The summed E-state index contributed by atoms with van der Waals surface area (Å²) in [6.07, 6.45) is 3.51. The van der Waals surface area contributed by atoms with Crippen LogP contribution in [-0.4, -0.2) is 27.9 Å². The highest BCUT2D eigenvalue weighted by molar-refractivity contribution is 5.79. The van der Waals surface area contributed by atoms with Crippen LogP contribution in [0.25, 0.3) is 0 Å². The molecule has 4 nitrogen and oxygen atoms in total. The molecule has 0 unspecified atom stereocenters. The van der Waals surface area contributed by atoms with Gasteiger partial charge in [0.2, 0.25) is 0 Å². The fraction of sp³-hybridized carbons (Fsp3) is 0.286. The number of rotatable bonds is 1. The van der Waals surface area contributed by atoms with Crippen molar-refractivity contribution in [1.82, 2.24) is 0 Å². The molecule has 0 fully saturated rings. The summed E-state index contributed by atoms with van der Waals surface area (Å²) in [5.41, 5.74) is -2.27. The van der Waals surface area contributed by atoms with E-state index in [9.17, 15) is 9.90 Å². The van der Waals surface area contributed by atoms with Crippen LogP contribution in [0.15, 0.2) is 24.3 Å². The summed E-state index contributed by atoms with van der Waals surface area (Å²) >= 11 is 0. The lowest BCUT2D eigenvalue weighted by atomic mass is 9.93. The van der Waals surface area contributed by atoms with E-state index in [1.165, 1.54) is 18.2 Å². The molecule has 0 amide bonds. The van der Waals surface area contributed by atoms with Crippen LogP contribution in [0.4, 0.5) is 0 Å². The third-order valence-electron chi connectivity index (χ3n) is 1.53. The summed E-state index contributed by atoms with van der Waals surface area (Å²) in [6, 6.07) is 0. The number of carboxylic acid groups (broad SMARTS) is 1. The molecule has 2 atom stereocenters. The number of aliphatic carboxylic acids is 1. The molecule has 1 rings (SSSR count). The zero-order chi connectivity index (χ0) is 8.48. The molecule has 2 N–H and O–H groups in total. The van der Waals surface area contributed by atoms with Gasteiger partial charge < -0.3 is 20.1 Å². The van der Waals surface area contributed by atoms with Crippen LogP contribution < -0.4 is 5.11 Å². The molecule has 0 aromatic heterocycles. The molecule has 0 radical (unpaired) electrons. The average Bonchev–Trinajstić information content (AvgIpc) is 1.95. The van der Waals surface area contributed by atoms with E-state index in [0.717, 1.165) is 6.08 Å². The number of hydrogen-bond acceptors (Lipinski definition) is 4. The van der Waals surface area contributed by atoms with Crippen molar-refractivity contribution >= 4 is 5.97 Å². The Labute approximate surface area is 63.1 Å². The fourth-order valence-corrected chi connectivity index (χ4v) is 0.806. The maximum absolute atomic E-state index is 10.3. The van der Waals surface area contributed by atoms with Gasteiger partial charge in [-0.1, -0.05) is 18.2 Å². The predicted octanol–water partition coefficient (Wildman–Crippen LogP) is -2.05. The van der Waals surface area contributed by atoms with Crippen molar-refractivity contribution in [3.05, 3.63) is 24.3 Å². The number of aliphatic hydroxyl groups is 2. The average molecular weight is 155 g/mol. The summed E-state index contributed by atoms with van der Waals surface area (Å²) < 4.78 is 0. The fourth-order valence-electron chi connectivity index (χ4n) is 0.806. The first kappa shape index (κ1) is 7.97. The Kier molecular flexibility index (Phi) is 1.80. The van der Waals surface area contributed by atoms with Gasteiger partial charge in [0.25, 0.3) is 0 Å². The van der Waals surface area contributed by atoms with Gasteiger partial charge in [-0.25, -0.2) is 0 Å². The molecule has 0 bridgehead atoms.